The molecule has 140 valence electrons. The standard InChI is InChI=1S/C21H32O4/c1-2-3-4-5-6-10-13-19-20(24-17-23-19)16-15-18-12-9-7-8-11-14-21(22)25-18/h6-7,9-10,15-16,18-20H,2-5,8,11-14,17H2,1H3/b9-7-,10-6-,16-15+/t18-,19+,20+/m0/s1. The van der Waals surface area contributed by atoms with Gasteiger partial charge in [-0.1, -0.05) is 50.1 Å². The molecule has 25 heavy (non-hydrogen) atoms. The Labute approximate surface area is 151 Å². The summed E-state index contributed by atoms with van der Waals surface area (Å²) in [5.74, 6) is -0.117. The minimum absolute atomic E-state index is 0.0428. The van der Waals surface area contributed by atoms with E-state index >= 15 is 0 Å². The maximum Gasteiger partial charge on any atom is 0.306 e. The maximum absolute atomic E-state index is 11.8. The van der Waals surface area contributed by atoms with Crippen LogP contribution < -0.4 is 0 Å². The van der Waals surface area contributed by atoms with E-state index in [0.717, 1.165) is 32.1 Å². The minimum atomic E-state index is -0.212. The molecule has 0 amide bonds. The zero-order chi connectivity index (χ0) is 17.7. The van der Waals surface area contributed by atoms with E-state index in [4.69, 9.17) is 14.2 Å². The number of allylic oxidation sites excluding steroid dienone is 2. The van der Waals surface area contributed by atoms with Crippen LogP contribution >= 0.6 is 0 Å². The molecule has 2 heterocycles. The van der Waals surface area contributed by atoms with Crippen LogP contribution in [0.3, 0.4) is 0 Å². The molecule has 0 aliphatic carbocycles. The fraction of sp³-hybridized carbons (Fsp3) is 0.667. The monoisotopic (exact) mass is 348 g/mol. The van der Waals surface area contributed by atoms with E-state index in [1.54, 1.807) is 0 Å². The second-order valence-electron chi connectivity index (χ2n) is 6.67. The lowest BCUT2D eigenvalue weighted by atomic mass is 10.1. The van der Waals surface area contributed by atoms with Gasteiger partial charge in [0.25, 0.3) is 0 Å². The summed E-state index contributed by atoms with van der Waals surface area (Å²) < 4.78 is 16.8. The highest BCUT2D eigenvalue weighted by atomic mass is 16.7. The summed E-state index contributed by atoms with van der Waals surface area (Å²) in [6, 6.07) is 0. The van der Waals surface area contributed by atoms with Gasteiger partial charge in [-0.25, -0.2) is 0 Å². The van der Waals surface area contributed by atoms with Crippen LogP contribution in [0.2, 0.25) is 0 Å². The molecule has 0 N–H and O–H groups in total. The van der Waals surface area contributed by atoms with E-state index in [2.05, 4.69) is 31.2 Å². The molecule has 0 bridgehead atoms. The van der Waals surface area contributed by atoms with Gasteiger partial charge in [0, 0.05) is 12.8 Å². The van der Waals surface area contributed by atoms with Crippen LogP contribution in [0.25, 0.3) is 0 Å². The van der Waals surface area contributed by atoms with Crippen LogP contribution in [-0.2, 0) is 19.0 Å². The number of hydrogen-bond acceptors (Lipinski definition) is 4. The topological polar surface area (TPSA) is 44.8 Å². The van der Waals surface area contributed by atoms with Gasteiger partial charge in [-0.2, -0.15) is 0 Å². The van der Waals surface area contributed by atoms with Crippen molar-refractivity contribution in [1.29, 1.82) is 0 Å². The second-order valence-corrected chi connectivity index (χ2v) is 6.67. The molecular formula is C21H32O4. The van der Waals surface area contributed by atoms with Crippen molar-refractivity contribution in [3.8, 4) is 0 Å². The quantitative estimate of drug-likeness (QED) is 0.357. The van der Waals surface area contributed by atoms with Crippen LogP contribution in [-0.4, -0.2) is 31.1 Å². The molecule has 0 unspecified atom stereocenters. The van der Waals surface area contributed by atoms with Gasteiger partial charge in [0.05, 0.1) is 6.10 Å². The Hall–Kier alpha value is -1.39. The van der Waals surface area contributed by atoms with Gasteiger partial charge in [0.2, 0.25) is 0 Å². The van der Waals surface area contributed by atoms with Crippen molar-refractivity contribution in [3.05, 3.63) is 36.5 Å². The molecule has 3 atom stereocenters. The SMILES string of the molecule is CCCCC/C=C\C[C@H]1OCO[C@@H]1/C=C/[C@@H]1C/C=C\CCCC(=O)O1. The predicted molar refractivity (Wildman–Crippen MR) is 99.1 cm³/mol. The molecule has 4 heteroatoms. The summed E-state index contributed by atoms with van der Waals surface area (Å²) >= 11 is 0. The fourth-order valence-electron chi connectivity index (χ4n) is 2.99. The Morgan fingerprint density at radius 3 is 2.96 bits per heavy atom. The van der Waals surface area contributed by atoms with Crippen molar-refractivity contribution in [2.24, 2.45) is 0 Å². The van der Waals surface area contributed by atoms with Gasteiger partial charge >= 0.3 is 5.97 Å². The smallest absolute Gasteiger partial charge is 0.306 e. The van der Waals surface area contributed by atoms with Gasteiger partial charge < -0.3 is 14.2 Å². The molecule has 0 spiro atoms. The van der Waals surface area contributed by atoms with Crippen molar-refractivity contribution in [3.63, 3.8) is 0 Å². The summed E-state index contributed by atoms with van der Waals surface area (Å²) in [6.07, 6.45) is 21.1. The van der Waals surface area contributed by atoms with E-state index in [9.17, 15) is 4.79 Å². The van der Waals surface area contributed by atoms with Crippen LogP contribution in [0.5, 0.6) is 0 Å². The Kier molecular flexibility index (Phi) is 9.60. The van der Waals surface area contributed by atoms with Crippen LogP contribution in [0.1, 0.15) is 64.7 Å². The first-order valence-corrected chi connectivity index (χ1v) is 9.70. The first-order chi connectivity index (χ1) is 12.3. The molecule has 0 aromatic heterocycles. The van der Waals surface area contributed by atoms with E-state index in [1.165, 1.54) is 19.3 Å². The number of cyclic esters (lactones) is 1. The van der Waals surface area contributed by atoms with Crippen molar-refractivity contribution < 1.29 is 19.0 Å². The highest BCUT2D eigenvalue weighted by Gasteiger charge is 2.26. The molecule has 2 rings (SSSR count). The van der Waals surface area contributed by atoms with Crippen LogP contribution in [0, 0.1) is 0 Å². The first-order valence-electron chi connectivity index (χ1n) is 9.70. The molecule has 1 saturated heterocycles. The number of carbonyl (C=O) groups excluding carboxylic acids is 1. The Bertz CT molecular complexity index is 467. The van der Waals surface area contributed by atoms with Gasteiger partial charge in [-0.3, -0.25) is 4.79 Å². The van der Waals surface area contributed by atoms with Crippen LogP contribution in [0.15, 0.2) is 36.5 Å². The van der Waals surface area contributed by atoms with Crippen molar-refractivity contribution in [2.45, 2.75) is 83.0 Å². The van der Waals surface area contributed by atoms with Crippen LogP contribution in [0.4, 0.5) is 0 Å². The molecule has 0 radical (unpaired) electrons. The summed E-state index contributed by atoms with van der Waals surface area (Å²) in [7, 11) is 0. The summed E-state index contributed by atoms with van der Waals surface area (Å²) in [5.41, 5.74) is 0. The lowest BCUT2D eigenvalue weighted by Gasteiger charge is -2.15. The van der Waals surface area contributed by atoms with Gasteiger partial charge in [0.15, 0.2) is 0 Å². The Balaban J connectivity index is 1.80. The summed E-state index contributed by atoms with van der Waals surface area (Å²) in [4.78, 5) is 11.8. The lowest BCUT2D eigenvalue weighted by molar-refractivity contribution is -0.146. The molecule has 0 aromatic carbocycles. The van der Waals surface area contributed by atoms with Gasteiger partial charge in [-0.15, -0.1) is 0 Å². The largest absolute Gasteiger partial charge is 0.458 e. The number of hydrogen-bond donors (Lipinski definition) is 0. The van der Waals surface area contributed by atoms with E-state index in [-0.39, 0.29) is 24.3 Å². The zero-order valence-corrected chi connectivity index (χ0v) is 15.4. The van der Waals surface area contributed by atoms with Crippen molar-refractivity contribution in [1.82, 2.24) is 0 Å². The Morgan fingerprint density at radius 1 is 1.16 bits per heavy atom. The average Bonchev–Trinajstić information content (AvgIpc) is 3.08. The second kappa shape index (κ2) is 12.0. The molecule has 0 aromatic rings. The van der Waals surface area contributed by atoms with Crippen molar-refractivity contribution >= 4 is 5.97 Å². The van der Waals surface area contributed by atoms with E-state index in [0.29, 0.717) is 13.2 Å². The number of unbranched alkanes of at least 4 members (excludes halogenated alkanes) is 3. The third kappa shape index (κ3) is 8.02. The molecule has 0 saturated carbocycles. The maximum atomic E-state index is 11.8. The number of esters is 1. The number of ether oxygens (including phenoxy) is 3. The zero-order valence-electron chi connectivity index (χ0n) is 15.4. The highest BCUT2D eigenvalue weighted by Crippen LogP contribution is 2.19. The molecule has 2 aliphatic heterocycles. The van der Waals surface area contributed by atoms with Gasteiger partial charge in [-0.05, 0) is 38.2 Å². The van der Waals surface area contributed by atoms with Crippen molar-refractivity contribution in [2.75, 3.05) is 6.79 Å². The molecule has 2 aliphatic rings. The summed E-state index contributed by atoms with van der Waals surface area (Å²) in [5, 5.41) is 0. The first kappa shape index (κ1) is 19.9. The third-order valence-electron chi connectivity index (χ3n) is 4.50. The highest BCUT2D eigenvalue weighted by molar-refractivity contribution is 5.69. The fourth-order valence-corrected chi connectivity index (χ4v) is 2.99. The molecule has 1 fully saturated rings. The average molecular weight is 348 g/mol. The number of carbonyl (C=O) groups is 1. The van der Waals surface area contributed by atoms with Gasteiger partial charge in [0.1, 0.15) is 19.0 Å². The lowest BCUT2D eigenvalue weighted by Crippen LogP contribution is -2.21. The normalized spacial score (nSPS) is 29.5. The third-order valence-corrected chi connectivity index (χ3v) is 4.50. The molecule has 4 nitrogen and oxygen atoms in total. The Morgan fingerprint density at radius 2 is 2.08 bits per heavy atom. The summed E-state index contributed by atoms with van der Waals surface area (Å²) in [6.45, 7) is 2.54. The molecular weight excluding hydrogens is 316 g/mol. The number of rotatable bonds is 8. The van der Waals surface area contributed by atoms with E-state index in [1.807, 2.05) is 12.2 Å². The predicted octanol–water partition coefficient (Wildman–Crippen LogP) is 4.85. The minimum Gasteiger partial charge on any atom is -0.458 e. The van der Waals surface area contributed by atoms with E-state index < -0.39 is 0 Å².